The van der Waals surface area contributed by atoms with Crippen LogP contribution in [0.1, 0.15) is 25.3 Å². The molecule has 0 fully saturated rings. The van der Waals surface area contributed by atoms with Gasteiger partial charge in [0.15, 0.2) is 0 Å². The van der Waals surface area contributed by atoms with Crippen LogP contribution in [0.15, 0.2) is 18.2 Å². The topological polar surface area (TPSA) is 38.3 Å². The highest BCUT2D eigenvalue weighted by atomic mass is 35.5. The normalized spacial score (nSPS) is 10.3. The van der Waals surface area contributed by atoms with Gasteiger partial charge < -0.3 is 9.84 Å². The van der Waals surface area contributed by atoms with E-state index in [1.165, 1.54) is 0 Å². The van der Waals surface area contributed by atoms with Gasteiger partial charge in [-0.15, -0.1) is 11.6 Å². The molecule has 1 N–H and O–H groups in total. The van der Waals surface area contributed by atoms with E-state index in [1.807, 2.05) is 31.5 Å². The summed E-state index contributed by atoms with van der Waals surface area (Å²) in [6, 6.07) is 5.73. The molecular formula is C13H22ClNO2P2. The Morgan fingerprint density at radius 2 is 2.05 bits per heavy atom. The lowest BCUT2D eigenvalue weighted by Gasteiger charge is -2.17. The Labute approximate surface area is 124 Å². The van der Waals surface area contributed by atoms with E-state index in [4.69, 9.17) is 16.1 Å². The summed E-state index contributed by atoms with van der Waals surface area (Å²) in [5.74, 6) is 0.965. The van der Waals surface area contributed by atoms with Crippen molar-refractivity contribution in [3.8, 4) is 5.75 Å². The van der Waals surface area contributed by atoms with Crippen molar-refractivity contribution in [2.75, 3.05) is 24.5 Å². The highest BCUT2D eigenvalue weighted by molar-refractivity contribution is 7.51. The Morgan fingerprint density at radius 1 is 1.42 bits per heavy atom. The summed E-state index contributed by atoms with van der Waals surface area (Å²) in [4.78, 5) is 11.3. The summed E-state index contributed by atoms with van der Waals surface area (Å²) in [7, 11) is -0.493. The molecule has 0 aliphatic rings. The molecule has 1 rings (SSSR count). The largest absolute Gasteiger partial charge is 0.474 e. The molecule has 0 saturated carbocycles. The Balaban J connectivity index is 0.00000324. The number of carbonyl (C=O) groups excluding carboxylic acids is 1. The SMILES string of the molecule is CC(C)c1ccc(NC(=O)CCl)cc1OP(C)C.P. The smallest absolute Gasteiger partial charge is 0.239 e. The first-order valence-electron chi connectivity index (χ1n) is 5.79. The zero-order chi connectivity index (χ0) is 13.7. The van der Waals surface area contributed by atoms with Gasteiger partial charge in [0.2, 0.25) is 5.91 Å². The van der Waals surface area contributed by atoms with E-state index in [1.54, 1.807) is 0 Å². The van der Waals surface area contributed by atoms with Gasteiger partial charge in [0.25, 0.3) is 0 Å². The fourth-order valence-corrected chi connectivity index (χ4v) is 2.18. The molecule has 19 heavy (non-hydrogen) atoms. The quantitative estimate of drug-likeness (QED) is 0.655. The minimum absolute atomic E-state index is 0. The molecule has 0 aromatic heterocycles. The van der Waals surface area contributed by atoms with Crippen molar-refractivity contribution in [3.05, 3.63) is 23.8 Å². The molecule has 0 aliphatic carbocycles. The number of anilines is 1. The van der Waals surface area contributed by atoms with Gasteiger partial charge in [-0.3, -0.25) is 4.79 Å². The number of amides is 1. The zero-order valence-corrected chi connectivity index (χ0v) is 14.9. The van der Waals surface area contributed by atoms with Crippen LogP contribution in [0.3, 0.4) is 0 Å². The Morgan fingerprint density at radius 3 is 2.53 bits per heavy atom. The molecule has 0 spiro atoms. The first-order chi connectivity index (χ1) is 8.43. The first kappa shape index (κ1) is 18.6. The van der Waals surface area contributed by atoms with Gasteiger partial charge >= 0.3 is 0 Å². The van der Waals surface area contributed by atoms with Crippen LogP contribution < -0.4 is 9.84 Å². The zero-order valence-electron chi connectivity index (χ0n) is 11.9. The monoisotopic (exact) mass is 321 g/mol. The summed E-state index contributed by atoms with van der Waals surface area (Å²) in [6.07, 6.45) is 0. The summed E-state index contributed by atoms with van der Waals surface area (Å²) < 4.78 is 5.84. The van der Waals surface area contributed by atoms with Gasteiger partial charge in [-0.05, 0) is 30.9 Å². The standard InChI is InChI=1S/C13H19ClNO2P.H3P/c1-9(2)11-6-5-10(15-13(16)8-14)7-12(11)17-18(3)4;/h5-7,9H,8H2,1-4H3,(H,15,16);1H3. The van der Waals surface area contributed by atoms with Crippen LogP contribution in [0.4, 0.5) is 5.69 Å². The predicted octanol–water partition coefficient (Wildman–Crippen LogP) is 4.08. The van der Waals surface area contributed by atoms with Crippen molar-refractivity contribution in [1.29, 1.82) is 0 Å². The molecule has 108 valence electrons. The Bertz CT molecular complexity index is 425. The van der Waals surface area contributed by atoms with Crippen LogP contribution in [0.2, 0.25) is 0 Å². The van der Waals surface area contributed by atoms with Crippen molar-refractivity contribution in [1.82, 2.24) is 0 Å². The summed E-state index contributed by atoms with van der Waals surface area (Å²) in [5, 5.41) is 2.73. The predicted molar refractivity (Wildman–Crippen MR) is 90.4 cm³/mol. The average molecular weight is 322 g/mol. The van der Waals surface area contributed by atoms with Crippen LogP contribution >= 0.6 is 29.6 Å². The summed E-state index contributed by atoms with van der Waals surface area (Å²) >= 11 is 5.47. The maximum absolute atomic E-state index is 11.3. The Hall–Kier alpha value is -0.360. The lowest BCUT2D eigenvalue weighted by atomic mass is 10.0. The van der Waals surface area contributed by atoms with Gasteiger partial charge in [0, 0.05) is 11.8 Å². The molecule has 3 nitrogen and oxygen atoms in total. The molecule has 1 atom stereocenters. The molecule has 0 saturated heterocycles. The average Bonchev–Trinajstić information content (AvgIpc) is 2.27. The van der Waals surface area contributed by atoms with E-state index >= 15 is 0 Å². The fourth-order valence-electron chi connectivity index (χ4n) is 1.56. The minimum atomic E-state index is -0.493. The molecule has 1 amide bonds. The first-order valence-corrected chi connectivity index (χ1v) is 8.48. The third kappa shape index (κ3) is 6.08. The van der Waals surface area contributed by atoms with Gasteiger partial charge in [0.1, 0.15) is 11.6 Å². The van der Waals surface area contributed by atoms with E-state index in [2.05, 4.69) is 19.2 Å². The fraction of sp³-hybridized carbons (Fsp3) is 0.462. The third-order valence-electron chi connectivity index (χ3n) is 2.32. The number of nitrogens with one attached hydrogen (secondary N) is 1. The number of halogens is 1. The molecule has 1 unspecified atom stereocenters. The van der Waals surface area contributed by atoms with E-state index in [-0.39, 0.29) is 21.7 Å². The second-order valence-corrected chi connectivity index (χ2v) is 6.57. The van der Waals surface area contributed by atoms with Crippen molar-refractivity contribution in [3.63, 3.8) is 0 Å². The number of rotatable bonds is 5. The lowest BCUT2D eigenvalue weighted by molar-refractivity contribution is -0.113. The number of hydrogen-bond acceptors (Lipinski definition) is 2. The lowest BCUT2D eigenvalue weighted by Crippen LogP contribution is -2.12. The number of alkyl halides is 1. The molecule has 6 heteroatoms. The van der Waals surface area contributed by atoms with Gasteiger partial charge in [0.05, 0.1) is 8.15 Å². The Kier molecular flexibility index (Phi) is 8.57. The van der Waals surface area contributed by atoms with Gasteiger partial charge in [-0.2, -0.15) is 9.90 Å². The third-order valence-corrected chi connectivity index (χ3v) is 3.13. The van der Waals surface area contributed by atoms with E-state index in [0.717, 1.165) is 17.0 Å². The molecule has 0 radical (unpaired) electrons. The molecular weight excluding hydrogens is 300 g/mol. The number of benzene rings is 1. The summed E-state index contributed by atoms with van der Waals surface area (Å²) in [6.45, 7) is 8.33. The van der Waals surface area contributed by atoms with Crippen molar-refractivity contribution < 1.29 is 9.32 Å². The van der Waals surface area contributed by atoms with E-state index in [9.17, 15) is 4.79 Å². The maximum Gasteiger partial charge on any atom is 0.239 e. The number of hydrogen-bond donors (Lipinski definition) is 1. The molecule has 1 aromatic rings. The van der Waals surface area contributed by atoms with E-state index in [0.29, 0.717) is 5.92 Å². The van der Waals surface area contributed by atoms with Gasteiger partial charge in [-0.1, -0.05) is 19.9 Å². The molecule has 0 heterocycles. The van der Waals surface area contributed by atoms with Crippen LogP contribution in [0.5, 0.6) is 5.75 Å². The van der Waals surface area contributed by atoms with Crippen LogP contribution in [0, 0.1) is 0 Å². The highest BCUT2D eigenvalue weighted by Crippen LogP contribution is 2.37. The number of carbonyl (C=O) groups is 1. The highest BCUT2D eigenvalue weighted by Gasteiger charge is 2.11. The second kappa shape index (κ2) is 8.74. The molecule has 0 aliphatic heterocycles. The van der Waals surface area contributed by atoms with E-state index < -0.39 is 8.15 Å². The van der Waals surface area contributed by atoms with Crippen LogP contribution in [-0.2, 0) is 4.79 Å². The molecule has 1 aromatic carbocycles. The van der Waals surface area contributed by atoms with Crippen LogP contribution in [-0.4, -0.2) is 25.1 Å². The van der Waals surface area contributed by atoms with Crippen molar-refractivity contribution in [2.45, 2.75) is 19.8 Å². The van der Waals surface area contributed by atoms with Gasteiger partial charge in [-0.25, -0.2) is 0 Å². The van der Waals surface area contributed by atoms with Crippen LogP contribution in [0.25, 0.3) is 0 Å². The molecule has 0 bridgehead atoms. The van der Waals surface area contributed by atoms with Crippen molar-refractivity contribution in [2.24, 2.45) is 0 Å². The summed E-state index contributed by atoms with van der Waals surface area (Å²) in [5.41, 5.74) is 1.87. The minimum Gasteiger partial charge on any atom is -0.474 e. The van der Waals surface area contributed by atoms with Crippen molar-refractivity contribution >= 4 is 41.2 Å². The maximum atomic E-state index is 11.3. The second-order valence-electron chi connectivity index (χ2n) is 4.49.